The number of aromatic nitrogens is 3. The summed E-state index contributed by atoms with van der Waals surface area (Å²) >= 11 is 6.48. The summed E-state index contributed by atoms with van der Waals surface area (Å²) in [5.41, 5.74) is 1.04. The molecule has 1 atom stereocenters. The molecule has 5 aromatic rings. The fourth-order valence-electron chi connectivity index (χ4n) is 7.14. The van der Waals surface area contributed by atoms with E-state index < -0.39 is 23.3 Å². The number of hydrogen-bond acceptors (Lipinski definition) is 6. The van der Waals surface area contributed by atoms with Crippen LogP contribution in [0.25, 0.3) is 11.3 Å². The van der Waals surface area contributed by atoms with Gasteiger partial charge in [0.1, 0.15) is 11.4 Å². The molecule has 2 aromatic heterocycles. The zero-order chi connectivity index (χ0) is 36.7. The SMILES string of the molecule is Cn1cc(N(C(=O)c2cc(-c3cc(Cl)ccc3C(=O)N3Cc4ccccc4C[C@H]3CN3CCOCC3)n(C)c2C(F)(F)F)c2ccc(O)cc2)cn1. The standard InChI is InChI=1S/C38H36ClF3N6O4/c1-44-22-29(20-43-44)48(27-8-10-30(49)11-9-27)37(51)33-19-34(45(2)35(33)38(40,41)42)32-18-26(39)7-12-31(32)36(50)47-21-25-6-4-3-5-24(25)17-28(47)23-46-13-15-52-16-14-46/h3-12,18-20,22,28,49H,13-17,21,23H2,1-2H3/t28-/m0/s1. The summed E-state index contributed by atoms with van der Waals surface area (Å²) in [6.07, 6.45) is -1.49. The Hall–Kier alpha value is -5.11. The quantitative estimate of drug-likeness (QED) is 0.201. The van der Waals surface area contributed by atoms with Crippen molar-refractivity contribution in [3.8, 4) is 17.0 Å². The van der Waals surface area contributed by atoms with Crippen LogP contribution >= 0.6 is 11.6 Å². The number of fused-ring (bicyclic) bond motifs is 1. The normalized spacial score (nSPS) is 16.5. The van der Waals surface area contributed by atoms with E-state index in [2.05, 4.69) is 16.1 Å². The van der Waals surface area contributed by atoms with Gasteiger partial charge in [-0.05, 0) is 66.1 Å². The maximum Gasteiger partial charge on any atom is 0.432 e. The third kappa shape index (κ3) is 6.91. The molecule has 1 saturated heterocycles. The van der Waals surface area contributed by atoms with Crippen LogP contribution < -0.4 is 4.90 Å². The molecular formula is C38H36ClF3N6O4. The molecule has 10 nitrogen and oxygen atoms in total. The summed E-state index contributed by atoms with van der Waals surface area (Å²) in [6.45, 7) is 3.58. The number of rotatable bonds is 7. The molecule has 0 spiro atoms. The fourth-order valence-corrected chi connectivity index (χ4v) is 7.31. The molecule has 2 amide bonds. The molecule has 52 heavy (non-hydrogen) atoms. The zero-order valence-corrected chi connectivity index (χ0v) is 29.2. The molecule has 0 radical (unpaired) electrons. The third-order valence-corrected chi connectivity index (χ3v) is 9.90. The first-order valence-corrected chi connectivity index (χ1v) is 17.1. The van der Waals surface area contributed by atoms with Crippen LogP contribution in [0, 0.1) is 0 Å². The van der Waals surface area contributed by atoms with Crippen LogP contribution in [0.3, 0.4) is 0 Å². The number of carbonyl (C=O) groups is 2. The van der Waals surface area contributed by atoms with Crippen LogP contribution in [-0.2, 0) is 38.0 Å². The highest BCUT2D eigenvalue weighted by molar-refractivity contribution is 6.31. The van der Waals surface area contributed by atoms with Crippen molar-refractivity contribution in [2.45, 2.75) is 25.2 Å². The Morgan fingerprint density at radius 1 is 0.962 bits per heavy atom. The molecule has 0 saturated carbocycles. The van der Waals surface area contributed by atoms with Crippen LogP contribution in [0.1, 0.15) is 37.5 Å². The van der Waals surface area contributed by atoms with Crippen LogP contribution in [0.2, 0.25) is 5.02 Å². The summed E-state index contributed by atoms with van der Waals surface area (Å²) in [4.78, 5) is 34.3. The van der Waals surface area contributed by atoms with Gasteiger partial charge in [0.2, 0.25) is 0 Å². The number of hydrogen-bond donors (Lipinski definition) is 1. The number of aryl methyl sites for hydroxylation is 1. The van der Waals surface area contributed by atoms with E-state index in [0.29, 0.717) is 32.7 Å². The molecule has 2 aliphatic rings. The lowest BCUT2D eigenvalue weighted by atomic mass is 9.92. The Kier molecular flexibility index (Phi) is 9.59. The molecule has 2 aliphatic heterocycles. The van der Waals surface area contributed by atoms with E-state index in [9.17, 15) is 14.7 Å². The van der Waals surface area contributed by atoms with Crippen molar-refractivity contribution < 1.29 is 32.6 Å². The van der Waals surface area contributed by atoms with Gasteiger partial charge in [0.15, 0.2) is 0 Å². The highest BCUT2D eigenvalue weighted by atomic mass is 35.5. The van der Waals surface area contributed by atoms with Crippen molar-refractivity contribution in [1.29, 1.82) is 0 Å². The molecular weight excluding hydrogens is 697 g/mol. The van der Waals surface area contributed by atoms with Gasteiger partial charge in [0.05, 0.1) is 30.7 Å². The van der Waals surface area contributed by atoms with Crippen molar-refractivity contribution in [1.82, 2.24) is 24.1 Å². The summed E-state index contributed by atoms with van der Waals surface area (Å²) in [5.74, 6) is -1.42. The number of nitrogens with zero attached hydrogens (tertiary/aromatic N) is 6. The monoisotopic (exact) mass is 732 g/mol. The van der Waals surface area contributed by atoms with Gasteiger partial charge in [-0.2, -0.15) is 18.3 Å². The number of phenolic OH excluding ortho intramolecular Hbond substituents is 1. The average molecular weight is 733 g/mol. The summed E-state index contributed by atoms with van der Waals surface area (Å²) in [5, 5.41) is 14.2. The van der Waals surface area contributed by atoms with E-state index in [-0.39, 0.29) is 50.9 Å². The van der Waals surface area contributed by atoms with E-state index >= 15 is 13.2 Å². The number of carbonyl (C=O) groups excluding carboxylic acids is 2. The Labute approximate surface area is 303 Å². The first kappa shape index (κ1) is 35.3. The topological polar surface area (TPSA) is 96.1 Å². The van der Waals surface area contributed by atoms with E-state index in [1.807, 2.05) is 18.2 Å². The van der Waals surface area contributed by atoms with E-state index in [0.717, 1.165) is 39.7 Å². The molecule has 7 rings (SSSR count). The van der Waals surface area contributed by atoms with E-state index in [1.165, 1.54) is 60.5 Å². The number of alkyl halides is 3. The van der Waals surface area contributed by atoms with Crippen molar-refractivity contribution in [3.63, 3.8) is 0 Å². The van der Waals surface area contributed by atoms with Crippen LogP contribution in [-0.4, -0.2) is 80.0 Å². The summed E-state index contributed by atoms with van der Waals surface area (Å²) in [6, 6.07) is 19.0. The molecule has 0 aliphatic carbocycles. The van der Waals surface area contributed by atoms with Gasteiger partial charge in [-0.3, -0.25) is 24.1 Å². The number of amides is 2. The van der Waals surface area contributed by atoms with Gasteiger partial charge in [-0.1, -0.05) is 35.9 Å². The molecule has 0 unspecified atom stereocenters. The number of halogens is 4. The summed E-state index contributed by atoms with van der Waals surface area (Å²) in [7, 11) is 2.84. The maximum absolute atomic E-state index is 15.0. The second kappa shape index (κ2) is 14.1. The number of morpholine rings is 1. The van der Waals surface area contributed by atoms with Crippen molar-refractivity contribution in [2.75, 3.05) is 37.7 Å². The van der Waals surface area contributed by atoms with Crippen molar-refractivity contribution in [3.05, 3.63) is 118 Å². The van der Waals surface area contributed by atoms with Crippen LogP contribution in [0.4, 0.5) is 24.5 Å². The maximum atomic E-state index is 15.0. The Bertz CT molecular complexity index is 2120. The highest BCUT2D eigenvalue weighted by Crippen LogP contribution is 2.41. The first-order chi connectivity index (χ1) is 24.9. The predicted molar refractivity (Wildman–Crippen MR) is 190 cm³/mol. The number of aromatic hydroxyl groups is 1. The van der Waals surface area contributed by atoms with Gasteiger partial charge >= 0.3 is 6.18 Å². The number of benzene rings is 3. The van der Waals surface area contributed by atoms with Gasteiger partial charge in [0, 0.05) is 80.0 Å². The average Bonchev–Trinajstić information content (AvgIpc) is 3.71. The van der Waals surface area contributed by atoms with Crippen molar-refractivity contribution >= 4 is 34.8 Å². The minimum absolute atomic E-state index is 0.0134. The Morgan fingerprint density at radius 3 is 2.35 bits per heavy atom. The van der Waals surface area contributed by atoms with Crippen LogP contribution in [0.15, 0.2) is 85.2 Å². The van der Waals surface area contributed by atoms with Crippen LogP contribution in [0.5, 0.6) is 5.75 Å². The van der Waals surface area contributed by atoms with E-state index in [4.69, 9.17) is 16.3 Å². The minimum Gasteiger partial charge on any atom is -0.508 e. The molecule has 14 heteroatoms. The Morgan fingerprint density at radius 2 is 1.67 bits per heavy atom. The molecule has 3 aromatic carbocycles. The first-order valence-electron chi connectivity index (χ1n) is 16.8. The molecule has 1 N–H and O–H groups in total. The largest absolute Gasteiger partial charge is 0.508 e. The fraction of sp³-hybridized carbons (Fsp3) is 0.289. The lowest BCUT2D eigenvalue weighted by Gasteiger charge is -2.40. The Balaban J connectivity index is 1.33. The van der Waals surface area contributed by atoms with Crippen molar-refractivity contribution in [2.24, 2.45) is 14.1 Å². The number of anilines is 2. The molecule has 1 fully saturated rings. The van der Waals surface area contributed by atoms with Gasteiger partial charge in [-0.25, -0.2) is 0 Å². The van der Waals surface area contributed by atoms with Gasteiger partial charge in [0.25, 0.3) is 11.8 Å². The third-order valence-electron chi connectivity index (χ3n) is 9.67. The predicted octanol–water partition coefficient (Wildman–Crippen LogP) is 6.68. The molecule has 4 heterocycles. The lowest BCUT2D eigenvalue weighted by Crippen LogP contribution is -2.52. The molecule has 0 bridgehead atoms. The number of phenols is 1. The zero-order valence-electron chi connectivity index (χ0n) is 28.5. The minimum atomic E-state index is -4.96. The molecule has 270 valence electrons. The summed E-state index contributed by atoms with van der Waals surface area (Å²) < 4.78 is 52.9. The second-order valence-electron chi connectivity index (χ2n) is 13.0. The highest BCUT2D eigenvalue weighted by Gasteiger charge is 2.42. The second-order valence-corrected chi connectivity index (χ2v) is 13.5. The van der Waals surface area contributed by atoms with Gasteiger partial charge in [-0.15, -0.1) is 0 Å². The lowest BCUT2D eigenvalue weighted by molar-refractivity contribution is -0.143. The van der Waals surface area contributed by atoms with Gasteiger partial charge < -0.3 is 19.3 Å². The number of ether oxygens (including phenoxy) is 1. The smallest absolute Gasteiger partial charge is 0.432 e. The van der Waals surface area contributed by atoms with E-state index in [1.54, 1.807) is 18.0 Å².